The Morgan fingerprint density at radius 1 is 0.583 bits per heavy atom. The second-order valence-electron chi connectivity index (χ2n) is 17.8. The van der Waals surface area contributed by atoms with Crippen LogP contribution in [0.3, 0.4) is 0 Å². The predicted octanol–water partition coefficient (Wildman–Crippen LogP) is 14.2. The molecule has 0 saturated carbocycles. The van der Waals surface area contributed by atoms with E-state index in [1.54, 1.807) is 6.08 Å². The molecule has 0 aliphatic rings. The Morgan fingerprint density at radius 2 is 1.02 bits per heavy atom. The maximum absolute atomic E-state index is 12.9. The number of quaternary nitrogens is 1. The van der Waals surface area contributed by atoms with E-state index in [4.69, 9.17) is 9.05 Å². The quantitative estimate of drug-likeness (QED) is 0.0244. The van der Waals surface area contributed by atoms with Crippen LogP contribution in [0.1, 0.15) is 206 Å². The van der Waals surface area contributed by atoms with Gasteiger partial charge in [-0.2, -0.15) is 0 Å². The molecule has 0 aromatic heterocycles. The van der Waals surface area contributed by atoms with E-state index in [0.29, 0.717) is 17.4 Å². The summed E-state index contributed by atoms with van der Waals surface area (Å²) in [5.74, 6) is -0.199. The minimum atomic E-state index is -4.35. The van der Waals surface area contributed by atoms with Crippen molar-refractivity contribution in [3.63, 3.8) is 0 Å². The zero-order valence-electron chi connectivity index (χ0n) is 39.7. The van der Waals surface area contributed by atoms with Gasteiger partial charge < -0.3 is 19.8 Å². The highest BCUT2D eigenvalue weighted by molar-refractivity contribution is 7.47. The molecule has 8 nitrogen and oxygen atoms in total. The summed E-state index contributed by atoms with van der Waals surface area (Å²) in [6.07, 6.45) is 55.9. The van der Waals surface area contributed by atoms with Crippen LogP contribution in [0.5, 0.6) is 0 Å². The van der Waals surface area contributed by atoms with E-state index >= 15 is 0 Å². The second kappa shape index (κ2) is 42.5. The first-order valence-corrected chi connectivity index (χ1v) is 26.2. The predicted molar refractivity (Wildman–Crippen MR) is 258 cm³/mol. The molecule has 0 saturated heterocycles. The number of allylic oxidation sites excluding steroid dienone is 9. The fourth-order valence-corrected chi connectivity index (χ4v) is 7.57. The minimum Gasteiger partial charge on any atom is -0.387 e. The molecule has 350 valence electrons. The number of hydrogen-bond acceptors (Lipinski definition) is 5. The van der Waals surface area contributed by atoms with Crippen molar-refractivity contribution in [2.75, 3.05) is 40.9 Å². The van der Waals surface area contributed by atoms with Gasteiger partial charge in [0.15, 0.2) is 0 Å². The molecular formula is C51H96N2O6P+. The highest BCUT2D eigenvalue weighted by Crippen LogP contribution is 2.43. The first kappa shape index (κ1) is 58.2. The molecule has 0 aliphatic carbocycles. The first-order valence-electron chi connectivity index (χ1n) is 24.7. The summed E-state index contributed by atoms with van der Waals surface area (Å²) >= 11 is 0. The van der Waals surface area contributed by atoms with E-state index in [-0.39, 0.29) is 19.1 Å². The molecule has 0 heterocycles. The lowest BCUT2D eigenvalue weighted by Gasteiger charge is -2.25. The van der Waals surface area contributed by atoms with Crippen molar-refractivity contribution in [2.45, 2.75) is 219 Å². The molecule has 0 aromatic rings. The van der Waals surface area contributed by atoms with Crippen LogP contribution in [0, 0.1) is 0 Å². The number of carbonyl (C=O) groups is 1. The molecule has 0 aliphatic heterocycles. The molecular weight excluding hydrogens is 768 g/mol. The third kappa shape index (κ3) is 44.3. The van der Waals surface area contributed by atoms with E-state index in [2.05, 4.69) is 67.8 Å². The topological polar surface area (TPSA) is 105 Å². The van der Waals surface area contributed by atoms with E-state index in [9.17, 15) is 19.4 Å². The van der Waals surface area contributed by atoms with Gasteiger partial charge in [0.1, 0.15) is 13.2 Å². The Morgan fingerprint density at radius 3 is 1.53 bits per heavy atom. The average molecular weight is 864 g/mol. The molecule has 60 heavy (non-hydrogen) atoms. The number of unbranched alkanes of at least 4 members (excludes halogenated alkanes) is 23. The maximum Gasteiger partial charge on any atom is 0.472 e. The number of hydrogen-bond donors (Lipinski definition) is 3. The third-order valence-corrected chi connectivity index (χ3v) is 11.7. The zero-order valence-corrected chi connectivity index (χ0v) is 40.6. The van der Waals surface area contributed by atoms with Gasteiger partial charge in [0.25, 0.3) is 0 Å². The largest absolute Gasteiger partial charge is 0.472 e. The van der Waals surface area contributed by atoms with Crippen LogP contribution in [0.2, 0.25) is 0 Å². The van der Waals surface area contributed by atoms with Gasteiger partial charge in [-0.3, -0.25) is 13.8 Å². The fourth-order valence-electron chi connectivity index (χ4n) is 6.84. The Kier molecular flexibility index (Phi) is 41.2. The molecule has 9 heteroatoms. The van der Waals surface area contributed by atoms with Crippen molar-refractivity contribution in [3.05, 3.63) is 60.8 Å². The summed E-state index contributed by atoms with van der Waals surface area (Å²) in [6.45, 7) is 4.68. The normalized spacial score (nSPS) is 14.7. The molecule has 3 N–H and O–H groups in total. The molecule has 0 spiro atoms. The Bertz CT molecular complexity index is 1160. The first-order chi connectivity index (χ1) is 29.0. The van der Waals surface area contributed by atoms with Gasteiger partial charge in [-0.05, 0) is 64.2 Å². The molecule has 1 amide bonds. The van der Waals surface area contributed by atoms with Crippen LogP contribution >= 0.6 is 7.82 Å². The van der Waals surface area contributed by atoms with Gasteiger partial charge >= 0.3 is 7.82 Å². The van der Waals surface area contributed by atoms with Crippen LogP contribution in [0.25, 0.3) is 0 Å². The second-order valence-corrected chi connectivity index (χ2v) is 19.3. The van der Waals surface area contributed by atoms with Crippen molar-refractivity contribution < 1.29 is 32.9 Å². The highest BCUT2D eigenvalue weighted by Gasteiger charge is 2.27. The monoisotopic (exact) mass is 864 g/mol. The van der Waals surface area contributed by atoms with E-state index in [1.807, 2.05) is 27.2 Å². The molecule has 0 fully saturated rings. The Labute approximate surface area is 371 Å². The van der Waals surface area contributed by atoms with Crippen LogP contribution in [-0.2, 0) is 18.4 Å². The number of aliphatic hydroxyl groups is 1. The van der Waals surface area contributed by atoms with Crippen LogP contribution < -0.4 is 5.32 Å². The molecule has 3 unspecified atom stereocenters. The minimum absolute atomic E-state index is 0.0518. The van der Waals surface area contributed by atoms with Crippen molar-refractivity contribution in [2.24, 2.45) is 0 Å². The summed E-state index contributed by atoms with van der Waals surface area (Å²) < 4.78 is 23.6. The SMILES string of the molecule is CC/C=C\C/C=C\C/C=C\CCCCCCCCCC(=O)NC(COP(=O)(O)OCC[N+](C)(C)C)C(O)/C=C/CC/C=C/CCCCCCCCCCCCCCCCC. The number of amides is 1. The smallest absolute Gasteiger partial charge is 0.387 e. The van der Waals surface area contributed by atoms with Gasteiger partial charge in [0.2, 0.25) is 5.91 Å². The molecule has 0 aromatic carbocycles. The lowest BCUT2D eigenvalue weighted by molar-refractivity contribution is -0.870. The number of nitrogens with one attached hydrogen (secondary N) is 1. The van der Waals surface area contributed by atoms with Gasteiger partial charge in [0.05, 0.1) is 39.9 Å². The van der Waals surface area contributed by atoms with Crippen LogP contribution in [0.4, 0.5) is 0 Å². The molecule has 0 bridgehead atoms. The molecule has 0 rings (SSSR count). The fraction of sp³-hybridized carbons (Fsp3) is 0.784. The molecule has 3 atom stereocenters. The Hall–Kier alpha value is -1.80. The number of carbonyl (C=O) groups excluding carboxylic acids is 1. The summed E-state index contributed by atoms with van der Waals surface area (Å²) in [5.41, 5.74) is 0. The number of rotatable bonds is 44. The standard InChI is InChI=1S/C51H95N2O6P/c1-6-8-10-12-14-16-18-20-22-24-25-26-27-29-30-32-34-36-38-40-42-44-50(54)49(48-59-60(56,57)58-47-46-53(3,4)5)52-51(55)45-43-41-39-37-35-33-31-28-23-21-19-17-15-13-11-9-7-2/h9,11,15,17,21,23,34,36,42,44,49-50,54H,6-8,10,12-14,16,18-20,22,24-33,35,37-41,43,45-48H2,1-5H3,(H-,52,55,56,57)/p+1/b11-9-,17-15-,23-21-,36-34+,44-42+. The third-order valence-electron chi connectivity index (χ3n) is 10.7. The average Bonchev–Trinajstić information content (AvgIpc) is 3.20. The number of nitrogens with zero attached hydrogens (tertiary/aromatic N) is 1. The number of phosphoric ester groups is 1. The van der Waals surface area contributed by atoms with E-state index < -0.39 is 20.0 Å². The summed E-state index contributed by atoms with van der Waals surface area (Å²) in [6, 6.07) is -0.870. The number of likely N-dealkylation sites (N-methyl/N-ethyl adjacent to an activating group) is 1. The zero-order chi connectivity index (χ0) is 44.3. The summed E-state index contributed by atoms with van der Waals surface area (Å²) in [5, 5.41) is 13.8. The van der Waals surface area contributed by atoms with Crippen molar-refractivity contribution in [1.29, 1.82) is 0 Å². The van der Waals surface area contributed by atoms with Gasteiger partial charge in [-0.15, -0.1) is 0 Å². The van der Waals surface area contributed by atoms with Gasteiger partial charge in [0, 0.05) is 6.42 Å². The summed E-state index contributed by atoms with van der Waals surface area (Å²) in [7, 11) is 1.54. The van der Waals surface area contributed by atoms with Crippen LogP contribution in [-0.4, -0.2) is 73.4 Å². The number of aliphatic hydroxyl groups excluding tert-OH is 1. The Balaban J connectivity index is 4.41. The van der Waals surface area contributed by atoms with Gasteiger partial charge in [-0.25, -0.2) is 4.57 Å². The van der Waals surface area contributed by atoms with Crippen molar-refractivity contribution in [3.8, 4) is 0 Å². The van der Waals surface area contributed by atoms with Crippen LogP contribution in [0.15, 0.2) is 60.8 Å². The molecule has 0 radical (unpaired) electrons. The lowest BCUT2D eigenvalue weighted by atomic mass is 10.0. The van der Waals surface area contributed by atoms with Crippen molar-refractivity contribution >= 4 is 13.7 Å². The van der Waals surface area contributed by atoms with E-state index in [1.165, 1.54) is 116 Å². The number of phosphoric acid groups is 1. The van der Waals surface area contributed by atoms with E-state index in [0.717, 1.165) is 70.6 Å². The highest BCUT2D eigenvalue weighted by atomic mass is 31.2. The van der Waals surface area contributed by atoms with Gasteiger partial charge in [-0.1, -0.05) is 197 Å². The lowest BCUT2D eigenvalue weighted by Crippen LogP contribution is -2.45. The summed E-state index contributed by atoms with van der Waals surface area (Å²) in [4.78, 5) is 23.2. The van der Waals surface area contributed by atoms with Crippen molar-refractivity contribution in [1.82, 2.24) is 5.32 Å². The maximum atomic E-state index is 12.9.